The second kappa shape index (κ2) is 7.15. The first kappa shape index (κ1) is 19.0. The number of hydrogen-bond donors (Lipinski definition) is 0. The summed E-state index contributed by atoms with van der Waals surface area (Å²) in [5, 5.41) is 3.97. The number of hydroxylamine groups is 4. The highest BCUT2D eigenvalue weighted by Gasteiger charge is 2.45. The molecule has 0 unspecified atom stereocenters. The molecule has 3 aromatic rings. The molecule has 6 rings (SSSR count). The van der Waals surface area contributed by atoms with Crippen LogP contribution in [0.3, 0.4) is 0 Å². The van der Waals surface area contributed by atoms with Gasteiger partial charge in [0.15, 0.2) is 6.61 Å². The minimum Gasteiger partial charge on any atom is -0.493 e. The zero-order valence-electron chi connectivity index (χ0n) is 16.9. The molecule has 0 spiro atoms. The number of imide groups is 1. The number of amides is 3. The van der Waals surface area contributed by atoms with Crippen LogP contribution in [0.4, 0.5) is 0 Å². The molecule has 3 heterocycles. The number of carbonyl (C=O) groups excluding carboxylic acids is 3. The Balaban J connectivity index is 1.26. The van der Waals surface area contributed by atoms with Gasteiger partial charge in [-0.2, -0.15) is 0 Å². The van der Waals surface area contributed by atoms with Gasteiger partial charge in [0.2, 0.25) is 0 Å². The second-order valence-corrected chi connectivity index (χ2v) is 7.95. The molecule has 3 aliphatic heterocycles. The zero-order valence-corrected chi connectivity index (χ0v) is 16.9. The lowest BCUT2D eigenvalue weighted by Crippen LogP contribution is -2.39. The van der Waals surface area contributed by atoms with Gasteiger partial charge in [-0.3, -0.25) is 24.1 Å². The van der Waals surface area contributed by atoms with E-state index in [1.54, 1.807) is 24.3 Å². The molecular formula is C24H18N2O6. The molecule has 0 bridgehead atoms. The number of nitrogens with zero attached hydrogens (tertiary/aromatic N) is 2. The SMILES string of the molecule is O=C1c2ccccc2C(=O)N1OCC(=O)N1OC[C@H]2COc3ccc4ccccc4c3[C@@H]21. The molecule has 2 atom stereocenters. The Kier molecular flexibility index (Phi) is 4.24. The van der Waals surface area contributed by atoms with E-state index in [-0.39, 0.29) is 23.1 Å². The van der Waals surface area contributed by atoms with Crippen molar-refractivity contribution >= 4 is 28.5 Å². The van der Waals surface area contributed by atoms with Gasteiger partial charge in [-0.15, -0.1) is 5.06 Å². The van der Waals surface area contributed by atoms with E-state index in [1.165, 1.54) is 5.06 Å². The molecule has 32 heavy (non-hydrogen) atoms. The van der Waals surface area contributed by atoms with Gasteiger partial charge < -0.3 is 4.74 Å². The Morgan fingerprint density at radius 1 is 0.938 bits per heavy atom. The van der Waals surface area contributed by atoms with E-state index in [0.29, 0.717) is 18.3 Å². The summed E-state index contributed by atoms with van der Waals surface area (Å²) in [4.78, 5) is 49.2. The number of carbonyl (C=O) groups is 3. The van der Waals surface area contributed by atoms with E-state index in [0.717, 1.165) is 22.1 Å². The summed E-state index contributed by atoms with van der Waals surface area (Å²) in [6, 6.07) is 17.9. The van der Waals surface area contributed by atoms with E-state index in [9.17, 15) is 14.4 Å². The van der Waals surface area contributed by atoms with E-state index in [2.05, 4.69) is 0 Å². The van der Waals surface area contributed by atoms with Crippen LogP contribution in [0.5, 0.6) is 5.75 Å². The lowest BCUT2D eigenvalue weighted by atomic mass is 9.88. The van der Waals surface area contributed by atoms with Gasteiger partial charge in [-0.05, 0) is 29.0 Å². The number of hydrogen-bond acceptors (Lipinski definition) is 6. The first-order valence-electron chi connectivity index (χ1n) is 10.3. The Morgan fingerprint density at radius 3 is 2.44 bits per heavy atom. The van der Waals surface area contributed by atoms with Crippen molar-refractivity contribution in [3.8, 4) is 5.75 Å². The maximum Gasteiger partial charge on any atom is 0.285 e. The molecule has 0 aromatic heterocycles. The van der Waals surface area contributed by atoms with Crippen LogP contribution in [0.2, 0.25) is 0 Å². The topological polar surface area (TPSA) is 85.4 Å². The molecule has 1 saturated heterocycles. The summed E-state index contributed by atoms with van der Waals surface area (Å²) < 4.78 is 5.93. The van der Waals surface area contributed by atoms with Crippen molar-refractivity contribution in [1.82, 2.24) is 10.1 Å². The van der Waals surface area contributed by atoms with Crippen LogP contribution in [-0.4, -0.2) is 47.7 Å². The van der Waals surface area contributed by atoms with Gasteiger partial charge in [0, 0.05) is 11.5 Å². The van der Waals surface area contributed by atoms with E-state index in [4.69, 9.17) is 14.4 Å². The third kappa shape index (κ3) is 2.73. The fourth-order valence-electron chi connectivity index (χ4n) is 4.63. The van der Waals surface area contributed by atoms with Gasteiger partial charge in [0.05, 0.1) is 30.4 Å². The third-order valence-electron chi connectivity index (χ3n) is 6.13. The monoisotopic (exact) mass is 430 g/mol. The average molecular weight is 430 g/mol. The fraction of sp³-hybridized carbons (Fsp3) is 0.208. The average Bonchev–Trinajstić information content (AvgIpc) is 3.37. The Hall–Kier alpha value is -3.75. The molecule has 3 amide bonds. The predicted molar refractivity (Wildman–Crippen MR) is 111 cm³/mol. The number of benzene rings is 3. The normalized spacial score (nSPS) is 21.4. The highest BCUT2D eigenvalue weighted by atomic mass is 16.7. The summed E-state index contributed by atoms with van der Waals surface area (Å²) >= 11 is 0. The molecule has 0 radical (unpaired) electrons. The van der Waals surface area contributed by atoms with Crippen molar-refractivity contribution in [3.63, 3.8) is 0 Å². The highest BCUT2D eigenvalue weighted by molar-refractivity contribution is 6.20. The van der Waals surface area contributed by atoms with Crippen LogP contribution in [0.15, 0.2) is 60.7 Å². The van der Waals surface area contributed by atoms with Crippen molar-refractivity contribution in [2.45, 2.75) is 6.04 Å². The number of ether oxygens (including phenoxy) is 1. The van der Waals surface area contributed by atoms with Crippen LogP contribution in [0.25, 0.3) is 10.8 Å². The summed E-state index contributed by atoms with van der Waals surface area (Å²) in [6.07, 6.45) is 0. The number of fused-ring (bicyclic) bond motifs is 6. The highest BCUT2D eigenvalue weighted by Crippen LogP contribution is 2.46. The van der Waals surface area contributed by atoms with Crippen molar-refractivity contribution < 1.29 is 28.8 Å². The van der Waals surface area contributed by atoms with E-state index < -0.39 is 24.3 Å². The minimum atomic E-state index is -0.582. The summed E-state index contributed by atoms with van der Waals surface area (Å²) in [7, 11) is 0. The molecule has 0 aliphatic carbocycles. The summed E-state index contributed by atoms with van der Waals surface area (Å²) in [5.74, 6) is -0.956. The molecular weight excluding hydrogens is 412 g/mol. The van der Waals surface area contributed by atoms with E-state index >= 15 is 0 Å². The molecule has 8 nitrogen and oxygen atoms in total. The standard InChI is InChI=1S/C24H18N2O6/c27-20(13-32-26-23(28)17-7-3-4-8-18(17)24(26)29)25-22-15(12-31-25)11-30-19-10-9-14-5-1-2-6-16(14)21(19)22/h1-10,15,22H,11-13H2/t15-,22-/m1/s1. The van der Waals surface area contributed by atoms with E-state index in [1.807, 2.05) is 36.4 Å². The molecule has 0 saturated carbocycles. The Morgan fingerprint density at radius 2 is 1.66 bits per heavy atom. The van der Waals surface area contributed by atoms with Gasteiger partial charge >= 0.3 is 0 Å². The predicted octanol–water partition coefficient (Wildman–Crippen LogP) is 2.89. The van der Waals surface area contributed by atoms with Crippen LogP contribution in [0, 0.1) is 5.92 Å². The van der Waals surface area contributed by atoms with Gasteiger partial charge in [-0.1, -0.05) is 42.5 Å². The molecule has 160 valence electrons. The molecule has 8 heteroatoms. The maximum atomic E-state index is 13.1. The van der Waals surface area contributed by atoms with Gasteiger partial charge in [0.25, 0.3) is 17.7 Å². The van der Waals surface area contributed by atoms with Crippen molar-refractivity contribution in [2.24, 2.45) is 5.92 Å². The Labute approximate surface area is 182 Å². The smallest absolute Gasteiger partial charge is 0.285 e. The maximum absolute atomic E-state index is 13.1. The second-order valence-electron chi connectivity index (χ2n) is 7.95. The molecule has 3 aromatic carbocycles. The van der Waals surface area contributed by atoms with Crippen molar-refractivity contribution in [2.75, 3.05) is 19.8 Å². The van der Waals surface area contributed by atoms with Gasteiger partial charge in [0.1, 0.15) is 5.75 Å². The Bertz CT molecular complexity index is 1250. The van der Waals surface area contributed by atoms with Crippen LogP contribution in [0.1, 0.15) is 32.3 Å². The van der Waals surface area contributed by atoms with Crippen molar-refractivity contribution in [3.05, 3.63) is 77.4 Å². The first-order valence-corrected chi connectivity index (χ1v) is 10.3. The van der Waals surface area contributed by atoms with Crippen LogP contribution >= 0.6 is 0 Å². The summed E-state index contributed by atoms with van der Waals surface area (Å²) in [6.45, 7) is 0.251. The van der Waals surface area contributed by atoms with Crippen LogP contribution < -0.4 is 4.74 Å². The first-order chi connectivity index (χ1) is 15.6. The quantitative estimate of drug-likeness (QED) is 0.594. The van der Waals surface area contributed by atoms with Crippen LogP contribution in [-0.2, 0) is 14.5 Å². The van der Waals surface area contributed by atoms with Gasteiger partial charge in [-0.25, -0.2) is 5.06 Å². The zero-order chi connectivity index (χ0) is 21.8. The molecule has 1 fully saturated rings. The largest absolute Gasteiger partial charge is 0.493 e. The molecule has 0 N–H and O–H groups in total. The fourth-order valence-corrected chi connectivity index (χ4v) is 4.63. The molecule has 3 aliphatic rings. The third-order valence-corrected chi connectivity index (χ3v) is 6.13. The number of rotatable bonds is 3. The summed E-state index contributed by atoms with van der Waals surface area (Å²) in [5.41, 5.74) is 1.41. The lowest BCUT2D eigenvalue weighted by Gasteiger charge is -2.32. The minimum absolute atomic E-state index is 0.0310. The van der Waals surface area contributed by atoms with Crippen molar-refractivity contribution in [1.29, 1.82) is 0 Å². The lowest BCUT2D eigenvalue weighted by molar-refractivity contribution is -0.190.